The van der Waals surface area contributed by atoms with Crippen molar-refractivity contribution < 1.29 is 32.9 Å². The molecule has 0 aromatic rings. The number of hydrogen-bond donors (Lipinski definition) is 3. The Balaban J connectivity index is 4.29. The van der Waals surface area contributed by atoms with Crippen LogP contribution in [0.2, 0.25) is 0 Å². The number of nitrogens with zero attached hydrogens (tertiary/aromatic N) is 1. The molecule has 3 atom stereocenters. The Morgan fingerprint density at radius 2 is 0.803 bits per heavy atom. The largest absolute Gasteiger partial charge is 0.472 e. The molecule has 0 aromatic carbocycles. The molecule has 0 aliphatic heterocycles. The fourth-order valence-electron chi connectivity index (χ4n) is 8.37. The molecule has 0 spiro atoms. The van der Waals surface area contributed by atoms with Crippen LogP contribution in [0.3, 0.4) is 0 Å². The van der Waals surface area contributed by atoms with Crippen LogP contribution in [-0.2, 0) is 18.4 Å². The van der Waals surface area contributed by atoms with Crippen molar-refractivity contribution in [2.24, 2.45) is 0 Å². The highest BCUT2D eigenvalue weighted by atomic mass is 31.2. The number of amides is 1. The summed E-state index contributed by atoms with van der Waals surface area (Å²) in [5, 5.41) is 13.9. The minimum absolute atomic E-state index is 0.0466. The third-order valence-electron chi connectivity index (χ3n) is 13.2. The van der Waals surface area contributed by atoms with Crippen molar-refractivity contribution in [1.29, 1.82) is 0 Å². The number of carbonyl (C=O) groups excluding carboxylic acids is 1. The highest BCUT2D eigenvalue weighted by Gasteiger charge is 2.27. The van der Waals surface area contributed by atoms with Crippen LogP contribution in [0.4, 0.5) is 0 Å². The number of rotatable bonds is 55. The Morgan fingerprint density at radius 3 is 1.21 bits per heavy atom. The lowest BCUT2D eigenvalue weighted by Crippen LogP contribution is -2.45. The Morgan fingerprint density at radius 1 is 0.461 bits per heavy atom. The number of nitrogens with one attached hydrogen (secondary N) is 1. The van der Waals surface area contributed by atoms with Crippen molar-refractivity contribution in [2.45, 2.75) is 257 Å². The molecule has 0 heterocycles. The van der Waals surface area contributed by atoms with E-state index in [1.54, 1.807) is 6.08 Å². The van der Waals surface area contributed by atoms with Crippen LogP contribution in [0, 0.1) is 0 Å². The van der Waals surface area contributed by atoms with E-state index in [0.717, 1.165) is 109 Å². The van der Waals surface area contributed by atoms with Crippen molar-refractivity contribution in [3.63, 3.8) is 0 Å². The maximum Gasteiger partial charge on any atom is 0.472 e. The number of quaternary nitrogens is 1. The van der Waals surface area contributed by atoms with Crippen LogP contribution >= 0.6 is 7.82 Å². The zero-order valence-corrected chi connectivity index (χ0v) is 50.6. The van der Waals surface area contributed by atoms with Gasteiger partial charge in [-0.3, -0.25) is 13.8 Å². The maximum absolute atomic E-state index is 13.0. The van der Waals surface area contributed by atoms with Gasteiger partial charge in [-0.25, -0.2) is 4.57 Å². The van der Waals surface area contributed by atoms with E-state index in [9.17, 15) is 19.4 Å². The van der Waals surface area contributed by atoms with Crippen molar-refractivity contribution in [3.05, 3.63) is 122 Å². The SMILES string of the molecule is CC/C=C\C/C=C\C/C=C\C/C=C\C/C=C\C/C=C\C/C=C\C/C=C\CCCCCCCCC(=O)NC(COP(=O)(O)OCC[N+](C)(C)C)C(O)/C=C/CC/C=C/CCCCCCCCCCCCCCCCCCC. The van der Waals surface area contributed by atoms with Crippen LogP contribution in [0.1, 0.15) is 245 Å². The minimum atomic E-state index is -4.37. The van der Waals surface area contributed by atoms with E-state index in [1.165, 1.54) is 116 Å². The molecule has 3 N–H and O–H groups in total. The van der Waals surface area contributed by atoms with Crippen LogP contribution in [0.15, 0.2) is 122 Å². The van der Waals surface area contributed by atoms with Crippen LogP contribution in [0.5, 0.6) is 0 Å². The van der Waals surface area contributed by atoms with E-state index in [0.29, 0.717) is 17.4 Å². The average molecular weight is 1080 g/mol. The van der Waals surface area contributed by atoms with Gasteiger partial charge in [-0.15, -0.1) is 0 Å². The smallest absolute Gasteiger partial charge is 0.387 e. The number of aliphatic hydroxyl groups excluding tert-OH is 1. The number of unbranched alkanes of at least 4 members (excludes halogenated alkanes) is 24. The molecule has 0 aliphatic carbocycles. The molecule has 0 fully saturated rings. The molecule has 0 saturated carbocycles. The lowest BCUT2D eigenvalue weighted by atomic mass is 10.0. The third kappa shape index (κ3) is 58.6. The van der Waals surface area contributed by atoms with Gasteiger partial charge in [0.2, 0.25) is 5.91 Å². The van der Waals surface area contributed by atoms with Gasteiger partial charge in [0.1, 0.15) is 13.2 Å². The standard InChI is InChI=1S/C67H117N2O6P/c1-6-8-10-12-14-16-18-20-22-24-26-28-30-31-32-33-34-35-36-37-39-41-43-45-47-49-51-53-55-57-59-61-67(71)68-65(64-75-76(72,73)74-63-62-69(3,4)5)66(70)60-58-56-54-52-50-48-46-44-42-40-38-29-27-25-23-21-19-17-15-13-11-9-7-2/h8,10,14,16,20,22,26,28,31-32,34-35,37,39,43,45,50,52,58,60,65-66,70H,6-7,9,11-13,15,17-19,21,23-25,27,29-30,33,36,38,40-42,44,46-49,51,53-57,59,61-64H2,1-5H3,(H-,68,71,72,73)/p+1/b10-8-,16-14-,22-20-,28-26-,32-31-,35-34-,39-37-,45-43-,52-50+,60-58+. The molecular weight excluding hydrogens is 960 g/mol. The summed E-state index contributed by atoms with van der Waals surface area (Å²) < 4.78 is 23.7. The van der Waals surface area contributed by atoms with E-state index in [4.69, 9.17) is 9.05 Å². The fourth-order valence-corrected chi connectivity index (χ4v) is 9.10. The monoisotopic (exact) mass is 1080 g/mol. The number of allylic oxidation sites excluding steroid dienone is 19. The van der Waals surface area contributed by atoms with Gasteiger partial charge in [0.15, 0.2) is 0 Å². The van der Waals surface area contributed by atoms with Crippen LogP contribution < -0.4 is 5.32 Å². The Labute approximate surface area is 469 Å². The van der Waals surface area contributed by atoms with Gasteiger partial charge in [-0.05, 0) is 96.3 Å². The summed E-state index contributed by atoms with van der Waals surface area (Å²) in [5.41, 5.74) is 0. The summed E-state index contributed by atoms with van der Waals surface area (Å²) in [6.07, 6.45) is 84.5. The predicted molar refractivity (Wildman–Crippen MR) is 332 cm³/mol. The molecule has 1 amide bonds. The molecule has 0 rings (SSSR count). The van der Waals surface area contributed by atoms with E-state index >= 15 is 0 Å². The lowest BCUT2D eigenvalue weighted by Gasteiger charge is -2.25. The normalized spacial score (nSPS) is 14.7. The highest BCUT2D eigenvalue weighted by molar-refractivity contribution is 7.47. The summed E-state index contributed by atoms with van der Waals surface area (Å²) in [6, 6.07) is -0.882. The molecule has 436 valence electrons. The molecular formula is C67H118N2O6P+. The van der Waals surface area contributed by atoms with Gasteiger partial charge in [-0.1, -0.05) is 264 Å². The van der Waals surface area contributed by atoms with E-state index in [-0.39, 0.29) is 19.1 Å². The van der Waals surface area contributed by atoms with Crippen molar-refractivity contribution >= 4 is 13.7 Å². The zero-order valence-electron chi connectivity index (χ0n) is 49.7. The summed E-state index contributed by atoms with van der Waals surface area (Å²) in [7, 11) is 1.53. The molecule has 0 saturated heterocycles. The van der Waals surface area contributed by atoms with E-state index < -0.39 is 20.0 Å². The second-order valence-electron chi connectivity index (χ2n) is 21.7. The zero-order chi connectivity index (χ0) is 55.6. The predicted octanol–water partition coefficient (Wildman–Crippen LogP) is 19.3. The highest BCUT2D eigenvalue weighted by Crippen LogP contribution is 2.43. The van der Waals surface area contributed by atoms with Gasteiger partial charge in [0.05, 0.1) is 39.9 Å². The summed E-state index contributed by atoms with van der Waals surface area (Å²) in [5.74, 6) is -0.205. The molecule has 76 heavy (non-hydrogen) atoms. The van der Waals surface area contributed by atoms with Gasteiger partial charge in [-0.2, -0.15) is 0 Å². The molecule has 9 heteroatoms. The number of likely N-dealkylation sites (N-methyl/N-ethyl adjacent to an activating group) is 1. The van der Waals surface area contributed by atoms with Gasteiger partial charge in [0.25, 0.3) is 0 Å². The molecule has 0 aromatic heterocycles. The Kier molecular flexibility index (Phi) is 54.3. The lowest BCUT2D eigenvalue weighted by molar-refractivity contribution is -0.870. The van der Waals surface area contributed by atoms with Crippen molar-refractivity contribution in [2.75, 3.05) is 40.9 Å². The second-order valence-corrected chi connectivity index (χ2v) is 23.1. The first kappa shape index (κ1) is 72.9. The first-order valence-electron chi connectivity index (χ1n) is 30.9. The average Bonchev–Trinajstić information content (AvgIpc) is 3.38. The van der Waals surface area contributed by atoms with E-state index in [1.807, 2.05) is 27.2 Å². The maximum atomic E-state index is 13.0. The minimum Gasteiger partial charge on any atom is -0.387 e. The Hall–Kier alpha value is -3.10. The Bertz CT molecular complexity index is 1650. The first-order valence-corrected chi connectivity index (χ1v) is 32.4. The molecule has 0 radical (unpaired) electrons. The van der Waals surface area contributed by atoms with Crippen molar-refractivity contribution in [3.8, 4) is 0 Å². The van der Waals surface area contributed by atoms with E-state index in [2.05, 4.69) is 129 Å². The molecule has 3 unspecified atom stereocenters. The second kappa shape index (κ2) is 56.6. The molecule has 0 bridgehead atoms. The van der Waals surface area contributed by atoms with Crippen LogP contribution in [0.25, 0.3) is 0 Å². The first-order chi connectivity index (χ1) is 37.0. The van der Waals surface area contributed by atoms with Crippen molar-refractivity contribution in [1.82, 2.24) is 5.32 Å². The fraction of sp³-hybridized carbons (Fsp3) is 0.687. The van der Waals surface area contributed by atoms with Gasteiger partial charge in [0, 0.05) is 6.42 Å². The number of carbonyl (C=O) groups is 1. The third-order valence-corrected chi connectivity index (χ3v) is 14.1. The topological polar surface area (TPSA) is 105 Å². The quantitative estimate of drug-likeness (QED) is 0.0243. The number of aliphatic hydroxyl groups is 1. The number of phosphoric ester groups is 1. The number of phosphoric acid groups is 1. The van der Waals surface area contributed by atoms with Gasteiger partial charge < -0.3 is 19.8 Å². The molecule has 8 nitrogen and oxygen atoms in total. The summed E-state index contributed by atoms with van der Waals surface area (Å²) in [4.78, 5) is 23.3. The van der Waals surface area contributed by atoms with Gasteiger partial charge >= 0.3 is 7.82 Å². The van der Waals surface area contributed by atoms with Crippen LogP contribution in [-0.4, -0.2) is 73.4 Å². The molecule has 0 aliphatic rings. The number of hydrogen-bond acceptors (Lipinski definition) is 5. The summed E-state index contributed by atoms with van der Waals surface area (Å²) in [6.45, 7) is 4.67. The summed E-state index contributed by atoms with van der Waals surface area (Å²) >= 11 is 0.